The maximum Gasteiger partial charge on any atom is 0.143 e. The Morgan fingerprint density at radius 2 is 1.83 bits per heavy atom. The summed E-state index contributed by atoms with van der Waals surface area (Å²) in [6.45, 7) is 0. The fourth-order valence-corrected chi connectivity index (χ4v) is 2.51. The van der Waals surface area contributed by atoms with Crippen LogP contribution in [0.4, 0.5) is 0 Å². The van der Waals surface area contributed by atoms with E-state index in [1.165, 1.54) is 0 Å². The molecule has 0 bridgehead atoms. The third-order valence-electron chi connectivity index (χ3n) is 2.96. The molecule has 4 rings (SSSR count). The maximum atomic E-state index is 8.22. The number of halogens is 1. The molecule has 0 unspecified atom stereocenters. The van der Waals surface area contributed by atoms with E-state index < -0.39 is 0 Å². The molecule has 0 radical (unpaired) electrons. The zero-order valence-electron chi connectivity index (χ0n) is 14.1. The Balaban J connectivity index is 2.36. The molecule has 3 aromatic carbocycles. The molecular formula is C16H9BrO. The van der Waals surface area contributed by atoms with Crippen LogP contribution in [0.2, 0.25) is 0 Å². The molecule has 18 heavy (non-hydrogen) atoms. The Kier molecular flexibility index (Phi) is 1.28. The summed E-state index contributed by atoms with van der Waals surface area (Å²) >= 11 is 3.41. The highest BCUT2D eigenvalue weighted by molar-refractivity contribution is 9.10. The Morgan fingerprint density at radius 3 is 2.78 bits per heavy atom. The van der Waals surface area contributed by atoms with Crippen molar-refractivity contribution >= 4 is 48.6 Å². The molecule has 0 aliphatic heterocycles. The van der Waals surface area contributed by atoms with Crippen molar-refractivity contribution in [2.45, 2.75) is 0 Å². The van der Waals surface area contributed by atoms with Crippen LogP contribution >= 0.6 is 15.9 Å². The van der Waals surface area contributed by atoms with Crippen LogP contribution in [0.15, 0.2) is 63.4 Å². The van der Waals surface area contributed by atoms with E-state index in [2.05, 4.69) is 15.9 Å². The van der Waals surface area contributed by atoms with Crippen molar-refractivity contribution in [3.8, 4) is 0 Å². The summed E-state index contributed by atoms with van der Waals surface area (Å²) in [4.78, 5) is 0. The number of hydrogen-bond donors (Lipinski definition) is 0. The summed E-state index contributed by atoms with van der Waals surface area (Å²) in [6.07, 6.45) is 0. The molecule has 0 amide bonds. The van der Waals surface area contributed by atoms with Gasteiger partial charge in [0.1, 0.15) is 11.2 Å². The standard InChI is InChI=1S/C16H9BrO/c17-11-6-8-15-14(9-11)13-7-5-10-3-1-2-4-12(10)16(13)18-15/h1-9H/i1D,2D,3D,4D,5D. The molecule has 0 N–H and O–H groups in total. The van der Waals surface area contributed by atoms with Gasteiger partial charge < -0.3 is 4.42 Å². The van der Waals surface area contributed by atoms with Crippen LogP contribution in [-0.2, 0) is 0 Å². The minimum Gasteiger partial charge on any atom is -0.455 e. The fourth-order valence-electron chi connectivity index (χ4n) is 2.15. The predicted octanol–water partition coefficient (Wildman–Crippen LogP) is 5.50. The second-order valence-electron chi connectivity index (χ2n) is 4.02. The van der Waals surface area contributed by atoms with Crippen LogP contribution in [0.25, 0.3) is 32.7 Å². The molecule has 1 nitrogen and oxygen atoms in total. The lowest BCUT2D eigenvalue weighted by molar-refractivity contribution is 0.672. The van der Waals surface area contributed by atoms with Gasteiger partial charge in [0.25, 0.3) is 0 Å². The molecule has 0 aliphatic carbocycles. The van der Waals surface area contributed by atoms with Gasteiger partial charge in [0.15, 0.2) is 0 Å². The number of furan rings is 1. The zero-order valence-corrected chi connectivity index (χ0v) is 10.7. The minimum absolute atomic E-state index is 0.0576. The van der Waals surface area contributed by atoms with Crippen LogP contribution in [0.5, 0.6) is 0 Å². The van der Waals surface area contributed by atoms with Crippen LogP contribution in [0.3, 0.4) is 0 Å². The maximum absolute atomic E-state index is 8.22. The topological polar surface area (TPSA) is 13.1 Å². The van der Waals surface area contributed by atoms with Crippen molar-refractivity contribution in [1.82, 2.24) is 0 Å². The van der Waals surface area contributed by atoms with Crippen molar-refractivity contribution < 1.29 is 11.3 Å². The summed E-state index contributed by atoms with van der Waals surface area (Å²) in [6, 6.07) is 6.10. The van der Waals surface area contributed by atoms with Crippen molar-refractivity contribution in [1.29, 1.82) is 0 Å². The highest BCUT2D eigenvalue weighted by atomic mass is 79.9. The van der Waals surface area contributed by atoms with Gasteiger partial charge in [0.05, 0.1) is 6.85 Å². The van der Waals surface area contributed by atoms with Crippen molar-refractivity contribution in [2.24, 2.45) is 0 Å². The van der Waals surface area contributed by atoms with Gasteiger partial charge in [0, 0.05) is 20.6 Å². The molecule has 1 aromatic heterocycles. The van der Waals surface area contributed by atoms with Crippen molar-refractivity contribution in [2.75, 3.05) is 0 Å². The van der Waals surface area contributed by atoms with Crippen LogP contribution in [-0.4, -0.2) is 0 Å². The Morgan fingerprint density at radius 1 is 0.944 bits per heavy atom. The minimum atomic E-state index is -0.339. The monoisotopic (exact) mass is 301 g/mol. The second-order valence-corrected chi connectivity index (χ2v) is 4.94. The summed E-state index contributed by atoms with van der Waals surface area (Å²) in [5.41, 5.74) is 0.999. The summed E-state index contributed by atoms with van der Waals surface area (Å²) in [7, 11) is 0. The lowest BCUT2D eigenvalue weighted by atomic mass is 10.1. The smallest absolute Gasteiger partial charge is 0.143 e. The van der Waals surface area contributed by atoms with Gasteiger partial charge in [-0.25, -0.2) is 0 Å². The van der Waals surface area contributed by atoms with E-state index in [0.717, 1.165) is 9.86 Å². The van der Waals surface area contributed by atoms with Gasteiger partial charge in [-0.1, -0.05) is 46.1 Å². The van der Waals surface area contributed by atoms with Crippen molar-refractivity contribution in [3.63, 3.8) is 0 Å². The molecule has 0 fully saturated rings. The normalized spacial score (nSPS) is 15.5. The average Bonchev–Trinajstić information content (AvgIpc) is 2.87. The molecule has 0 aliphatic rings. The molecule has 0 atom stereocenters. The third kappa shape index (κ3) is 1.33. The van der Waals surface area contributed by atoms with E-state index in [1.807, 2.05) is 12.1 Å². The first kappa shape index (κ1) is 6.39. The van der Waals surface area contributed by atoms with E-state index in [4.69, 9.17) is 11.3 Å². The molecule has 4 aromatic rings. The van der Waals surface area contributed by atoms with Crippen LogP contribution < -0.4 is 0 Å². The summed E-state index contributed by atoms with van der Waals surface area (Å²) in [5, 5.41) is 1.91. The zero-order chi connectivity index (χ0) is 16.5. The van der Waals surface area contributed by atoms with Crippen molar-refractivity contribution in [3.05, 3.63) is 59.0 Å². The first-order valence-electron chi connectivity index (χ1n) is 7.91. The molecule has 0 saturated heterocycles. The van der Waals surface area contributed by atoms with Gasteiger partial charge in [0.2, 0.25) is 0 Å². The third-order valence-corrected chi connectivity index (χ3v) is 3.46. The first-order valence-corrected chi connectivity index (χ1v) is 6.21. The van der Waals surface area contributed by atoms with E-state index in [9.17, 15) is 0 Å². The largest absolute Gasteiger partial charge is 0.455 e. The highest BCUT2D eigenvalue weighted by Gasteiger charge is 2.09. The summed E-state index contributed by atoms with van der Waals surface area (Å²) < 4.78 is 46.8. The van der Waals surface area contributed by atoms with E-state index in [1.54, 1.807) is 12.1 Å². The molecular weight excluding hydrogens is 288 g/mol. The van der Waals surface area contributed by atoms with Gasteiger partial charge >= 0.3 is 0 Å². The Bertz CT molecular complexity index is 1130. The van der Waals surface area contributed by atoms with Gasteiger partial charge in [-0.3, -0.25) is 0 Å². The fraction of sp³-hybridized carbons (Fsp3) is 0. The number of rotatable bonds is 0. The van der Waals surface area contributed by atoms with E-state index >= 15 is 0 Å². The van der Waals surface area contributed by atoms with Crippen LogP contribution in [0.1, 0.15) is 6.85 Å². The highest BCUT2D eigenvalue weighted by Crippen LogP contribution is 2.34. The first-order chi connectivity index (χ1) is 10.9. The Labute approximate surface area is 119 Å². The number of benzene rings is 3. The van der Waals surface area contributed by atoms with Gasteiger partial charge in [-0.05, 0) is 29.7 Å². The van der Waals surface area contributed by atoms with E-state index in [0.29, 0.717) is 16.6 Å². The SMILES string of the molecule is [2H]c1c([2H])c([2H])c2c(c([2H])cc3c4cc(Br)ccc4oc32)c1[2H]. The quantitative estimate of drug-likeness (QED) is 0.418. The molecule has 86 valence electrons. The predicted molar refractivity (Wildman–Crippen MR) is 78.9 cm³/mol. The average molecular weight is 302 g/mol. The van der Waals surface area contributed by atoms with Crippen LogP contribution in [0, 0.1) is 0 Å². The van der Waals surface area contributed by atoms with E-state index in [-0.39, 0.29) is 41.0 Å². The lowest BCUT2D eigenvalue weighted by Crippen LogP contribution is -1.72. The lowest BCUT2D eigenvalue weighted by Gasteiger charge is -1.97. The second kappa shape index (κ2) is 3.59. The van der Waals surface area contributed by atoms with Gasteiger partial charge in [-0.2, -0.15) is 0 Å². The Hall–Kier alpha value is -1.80. The van der Waals surface area contributed by atoms with Gasteiger partial charge in [-0.15, -0.1) is 0 Å². The molecule has 1 heterocycles. The number of hydrogen-bond acceptors (Lipinski definition) is 1. The molecule has 0 spiro atoms. The molecule has 2 heteroatoms. The number of fused-ring (bicyclic) bond motifs is 5. The molecule has 0 saturated carbocycles. The summed E-state index contributed by atoms with van der Waals surface area (Å²) in [5.74, 6) is 0.